The first-order chi connectivity index (χ1) is 7.37. The van der Waals surface area contributed by atoms with Gasteiger partial charge in [-0.3, -0.25) is 4.79 Å². The molecular weight excluding hydrogens is 226 g/mol. The molecule has 0 aromatic heterocycles. The average Bonchev–Trinajstić information content (AvgIpc) is 2.63. The number of ether oxygens (including phenoxy) is 1. The number of halogens is 1. The molecule has 1 amide bonds. The number of nitrogens with one attached hydrogen (secondary N) is 1. The molecule has 0 aliphatic heterocycles. The van der Waals surface area contributed by atoms with Gasteiger partial charge < -0.3 is 10.1 Å². The highest BCUT2D eigenvalue weighted by Gasteiger charge is 2.34. The molecule has 0 aromatic carbocycles. The van der Waals surface area contributed by atoms with Crippen molar-refractivity contribution < 1.29 is 9.53 Å². The molecule has 0 bridgehead atoms. The largest absolute Gasteiger partial charge is 0.366 e. The van der Waals surface area contributed by atoms with Gasteiger partial charge in [-0.1, -0.05) is 12.8 Å². The Morgan fingerprint density at radius 3 is 2.38 bits per heavy atom. The topological polar surface area (TPSA) is 38.3 Å². The van der Waals surface area contributed by atoms with E-state index in [1.807, 2.05) is 20.8 Å². The van der Waals surface area contributed by atoms with Crippen molar-refractivity contribution >= 4 is 17.5 Å². The van der Waals surface area contributed by atoms with E-state index in [1.165, 1.54) is 0 Å². The van der Waals surface area contributed by atoms with Crippen molar-refractivity contribution in [2.75, 3.05) is 12.5 Å². The normalized spacial score (nSPS) is 19.8. The summed E-state index contributed by atoms with van der Waals surface area (Å²) in [6, 6.07) is 0. The zero-order chi connectivity index (χ0) is 12.2. The lowest BCUT2D eigenvalue weighted by atomic mass is 10.0. The van der Waals surface area contributed by atoms with E-state index in [-0.39, 0.29) is 23.7 Å². The predicted octanol–water partition coefficient (Wildman–Crippen LogP) is 2.47. The molecule has 94 valence electrons. The van der Waals surface area contributed by atoms with Gasteiger partial charge in [-0.15, -0.1) is 11.6 Å². The number of carbonyl (C=O) groups excluding carboxylic acids is 1. The van der Waals surface area contributed by atoms with Crippen molar-refractivity contribution in [1.29, 1.82) is 0 Å². The SMILES string of the molecule is CC(C)(C)OCC(=O)NC1(CCl)CCCC1. The van der Waals surface area contributed by atoms with Crippen molar-refractivity contribution in [2.24, 2.45) is 0 Å². The third kappa shape index (κ3) is 4.30. The zero-order valence-corrected chi connectivity index (χ0v) is 11.2. The summed E-state index contributed by atoms with van der Waals surface area (Å²) >= 11 is 5.94. The van der Waals surface area contributed by atoms with Crippen LogP contribution in [0.1, 0.15) is 46.5 Å². The third-order valence-corrected chi connectivity index (χ3v) is 3.37. The third-order valence-electron chi connectivity index (χ3n) is 2.86. The fourth-order valence-electron chi connectivity index (χ4n) is 1.96. The quantitative estimate of drug-likeness (QED) is 0.775. The second-order valence-electron chi connectivity index (χ2n) is 5.57. The molecular formula is C12H22ClNO2. The smallest absolute Gasteiger partial charge is 0.246 e. The summed E-state index contributed by atoms with van der Waals surface area (Å²) < 4.78 is 5.44. The molecule has 1 saturated carbocycles. The van der Waals surface area contributed by atoms with E-state index >= 15 is 0 Å². The van der Waals surface area contributed by atoms with Crippen LogP contribution in [-0.2, 0) is 9.53 Å². The highest BCUT2D eigenvalue weighted by Crippen LogP contribution is 2.30. The van der Waals surface area contributed by atoms with E-state index < -0.39 is 0 Å². The summed E-state index contributed by atoms with van der Waals surface area (Å²) in [5, 5.41) is 3.02. The van der Waals surface area contributed by atoms with Crippen molar-refractivity contribution in [3.8, 4) is 0 Å². The number of rotatable bonds is 4. The summed E-state index contributed by atoms with van der Waals surface area (Å²) in [4.78, 5) is 11.7. The highest BCUT2D eigenvalue weighted by molar-refractivity contribution is 6.18. The van der Waals surface area contributed by atoms with E-state index in [4.69, 9.17) is 16.3 Å². The number of hydrogen-bond donors (Lipinski definition) is 1. The van der Waals surface area contributed by atoms with Crippen LogP contribution in [0.3, 0.4) is 0 Å². The number of amides is 1. The maximum Gasteiger partial charge on any atom is 0.246 e. The summed E-state index contributed by atoms with van der Waals surface area (Å²) in [5.41, 5.74) is -0.457. The Labute approximate surface area is 103 Å². The molecule has 1 fully saturated rings. The first-order valence-corrected chi connectivity index (χ1v) is 6.41. The van der Waals surface area contributed by atoms with Crippen LogP contribution < -0.4 is 5.32 Å². The summed E-state index contributed by atoms with van der Waals surface area (Å²) in [6.45, 7) is 5.93. The second kappa shape index (κ2) is 5.37. The standard InChI is InChI=1S/C12H22ClNO2/c1-11(2,3)16-8-10(15)14-12(9-13)6-4-5-7-12/h4-9H2,1-3H3,(H,14,15). The van der Waals surface area contributed by atoms with Crippen LogP contribution in [0, 0.1) is 0 Å². The summed E-state index contributed by atoms with van der Waals surface area (Å²) in [5.74, 6) is 0.436. The minimum Gasteiger partial charge on any atom is -0.366 e. The Kier molecular flexibility index (Phi) is 4.62. The molecule has 4 heteroatoms. The fourth-order valence-corrected chi connectivity index (χ4v) is 2.29. The molecule has 1 aliphatic carbocycles. The van der Waals surface area contributed by atoms with E-state index in [0.29, 0.717) is 5.88 Å². The first kappa shape index (κ1) is 13.8. The average molecular weight is 248 g/mol. The number of hydrogen-bond acceptors (Lipinski definition) is 2. The maximum atomic E-state index is 11.7. The van der Waals surface area contributed by atoms with Gasteiger partial charge in [0.1, 0.15) is 6.61 Å². The number of carbonyl (C=O) groups is 1. The Hall–Kier alpha value is -0.280. The summed E-state index contributed by atoms with van der Waals surface area (Å²) in [7, 11) is 0. The fraction of sp³-hybridized carbons (Fsp3) is 0.917. The van der Waals surface area contributed by atoms with Gasteiger partial charge in [-0.25, -0.2) is 0 Å². The van der Waals surface area contributed by atoms with Crippen LogP contribution in [0.25, 0.3) is 0 Å². The van der Waals surface area contributed by atoms with Crippen LogP contribution in [0.4, 0.5) is 0 Å². The monoisotopic (exact) mass is 247 g/mol. The Morgan fingerprint density at radius 2 is 1.94 bits per heavy atom. The first-order valence-electron chi connectivity index (χ1n) is 5.88. The maximum absolute atomic E-state index is 11.7. The lowest BCUT2D eigenvalue weighted by Gasteiger charge is -2.28. The lowest BCUT2D eigenvalue weighted by Crippen LogP contribution is -2.49. The predicted molar refractivity (Wildman–Crippen MR) is 65.8 cm³/mol. The van der Waals surface area contributed by atoms with Gasteiger partial charge in [-0.05, 0) is 33.6 Å². The molecule has 0 atom stereocenters. The lowest BCUT2D eigenvalue weighted by molar-refractivity contribution is -0.132. The molecule has 0 heterocycles. The van der Waals surface area contributed by atoms with Crippen molar-refractivity contribution in [1.82, 2.24) is 5.32 Å². The van der Waals surface area contributed by atoms with Gasteiger partial charge in [0, 0.05) is 5.88 Å². The Balaban J connectivity index is 2.38. The van der Waals surface area contributed by atoms with Gasteiger partial charge in [-0.2, -0.15) is 0 Å². The van der Waals surface area contributed by atoms with Crippen molar-refractivity contribution in [3.63, 3.8) is 0 Å². The molecule has 3 nitrogen and oxygen atoms in total. The van der Waals surface area contributed by atoms with Gasteiger partial charge in [0.15, 0.2) is 0 Å². The van der Waals surface area contributed by atoms with Crippen molar-refractivity contribution in [2.45, 2.75) is 57.6 Å². The van der Waals surface area contributed by atoms with Gasteiger partial charge >= 0.3 is 0 Å². The molecule has 0 unspecified atom stereocenters. The van der Waals surface area contributed by atoms with E-state index in [2.05, 4.69) is 5.32 Å². The van der Waals surface area contributed by atoms with Crippen LogP contribution in [-0.4, -0.2) is 29.5 Å². The molecule has 16 heavy (non-hydrogen) atoms. The molecule has 0 saturated heterocycles. The minimum atomic E-state index is -0.277. The van der Waals surface area contributed by atoms with E-state index in [9.17, 15) is 4.79 Å². The molecule has 0 spiro atoms. The van der Waals surface area contributed by atoms with Crippen LogP contribution in [0.15, 0.2) is 0 Å². The van der Waals surface area contributed by atoms with Crippen LogP contribution >= 0.6 is 11.6 Å². The van der Waals surface area contributed by atoms with E-state index in [0.717, 1.165) is 25.7 Å². The summed E-state index contributed by atoms with van der Waals surface area (Å²) in [6.07, 6.45) is 4.26. The number of alkyl halides is 1. The minimum absolute atomic E-state index is 0.0579. The van der Waals surface area contributed by atoms with E-state index in [1.54, 1.807) is 0 Å². The van der Waals surface area contributed by atoms with Crippen molar-refractivity contribution in [3.05, 3.63) is 0 Å². The molecule has 1 N–H and O–H groups in total. The van der Waals surface area contributed by atoms with Gasteiger partial charge in [0.2, 0.25) is 5.91 Å². The Bertz CT molecular complexity index is 242. The van der Waals surface area contributed by atoms with Gasteiger partial charge in [0.25, 0.3) is 0 Å². The molecule has 1 rings (SSSR count). The van der Waals surface area contributed by atoms with Crippen LogP contribution in [0.2, 0.25) is 0 Å². The van der Waals surface area contributed by atoms with Crippen LogP contribution in [0.5, 0.6) is 0 Å². The molecule has 0 aromatic rings. The second-order valence-corrected chi connectivity index (χ2v) is 5.84. The molecule has 1 aliphatic rings. The zero-order valence-electron chi connectivity index (χ0n) is 10.4. The molecule has 0 radical (unpaired) electrons. The van der Waals surface area contributed by atoms with Gasteiger partial charge in [0.05, 0.1) is 11.1 Å². The highest BCUT2D eigenvalue weighted by atomic mass is 35.5. The Morgan fingerprint density at radius 1 is 1.38 bits per heavy atom.